The third-order valence-corrected chi connectivity index (χ3v) is 5.23. The zero-order valence-electron chi connectivity index (χ0n) is 14.8. The maximum atomic E-state index is 12.8. The van der Waals surface area contributed by atoms with E-state index in [1.54, 1.807) is 30.3 Å². The fourth-order valence-corrected chi connectivity index (χ4v) is 3.53. The highest BCUT2D eigenvalue weighted by Gasteiger charge is 2.21. The molecule has 0 atom stereocenters. The molecule has 2 heterocycles. The van der Waals surface area contributed by atoms with Crippen LogP contribution >= 0.6 is 11.3 Å². The third kappa shape index (κ3) is 5.03. The van der Waals surface area contributed by atoms with Crippen LogP contribution in [0.1, 0.15) is 28.1 Å². The summed E-state index contributed by atoms with van der Waals surface area (Å²) in [6, 6.07) is 12.9. The molecule has 0 saturated carbocycles. The van der Waals surface area contributed by atoms with Crippen molar-refractivity contribution in [1.82, 2.24) is 15.5 Å². The van der Waals surface area contributed by atoms with Gasteiger partial charge in [0.1, 0.15) is 5.70 Å². The first-order valence-electron chi connectivity index (χ1n) is 8.73. The second kappa shape index (κ2) is 8.78. The molecule has 26 heavy (non-hydrogen) atoms. The van der Waals surface area contributed by atoms with Gasteiger partial charge in [0.05, 0.1) is 0 Å². The Bertz CT molecular complexity index is 764. The maximum Gasteiger partial charge on any atom is 0.268 e. The van der Waals surface area contributed by atoms with Crippen LogP contribution in [-0.2, 0) is 4.79 Å². The van der Waals surface area contributed by atoms with E-state index in [4.69, 9.17) is 0 Å². The van der Waals surface area contributed by atoms with Crippen LogP contribution in [0.2, 0.25) is 0 Å². The van der Waals surface area contributed by atoms with E-state index in [0.29, 0.717) is 5.56 Å². The van der Waals surface area contributed by atoms with Crippen molar-refractivity contribution in [3.63, 3.8) is 0 Å². The summed E-state index contributed by atoms with van der Waals surface area (Å²) in [5, 5.41) is 7.78. The lowest BCUT2D eigenvalue weighted by Crippen LogP contribution is -2.45. The lowest BCUT2D eigenvalue weighted by Gasteiger charge is -2.29. The Morgan fingerprint density at radius 2 is 1.85 bits per heavy atom. The molecule has 2 N–H and O–H groups in total. The second-order valence-electron chi connectivity index (χ2n) is 6.44. The van der Waals surface area contributed by atoms with Gasteiger partial charge in [-0.1, -0.05) is 24.3 Å². The Morgan fingerprint density at radius 3 is 2.50 bits per heavy atom. The molecule has 136 valence electrons. The molecule has 1 aliphatic rings. The van der Waals surface area contributed by atoms with Gasteiger partial charge in [-0.05, 0) is 62.6 Å². The van der Waals surface area contributed by atoms with Gasteiger partial charge in [-0.3, -0.25) is 9.59 Å². The smallest absolute Gasteiger partial charge is 0.268 e. The topological polar surface area (TPSA) is 61.4 Å². The Balaban J connectivity index is 1.73. The maximum absolute atomic E-state index is 12.8. The minimum Gasteiger partial charge on any atom is -0.348 e. The summed E-state index contributed by atoms with van der Waals surface area (Å²) in [5.41, 5.74) is 0.803. The van der Waals surface area contributed by atoms with Crippen molar-refractivity contribution >= 4 is 29.2 Å². The molecule has 3 rings (SSSR count). The molecule has 0 aliphatic carbocycles. The predicted octanol–water partition coefficient (Wildman–Crippen LogP) is 2.73. The summed E-state index contributed by atoms with van der Waals surface area (Å²) in [4.78, 5) is 28.4. The van der Waals surface area contributed by atoms with E-state index in [2.05, 4.69) is 22.6 Å². The van der Waals surface area contributed by atoms with Crippen molar-refractivity contribution in [2.75, 3.05) is 20.1 Å². The number of hydrogen-bond acceptors (Lipinski definition) is 4. The van der Waals surface area contributed by atoms with Crippen molar-refractivity contribution in [2.24, 2.45) is 0 Å². The van der Waals surface area contributed by atoms with E-state index < -0.39 is 0 Å². The number of piperidine rings is 1. The average molecular weight is 369 g/mol. The third-order valence-electron chi connectivity index (χ3n) is 4.41. The van der Waals surface area contributed by atoms with Crippen molar-refractivity contribution < 1.29 is 9.59 Å². The first-order valence-corrected chi connectivity index (χ1v) is 9.61. The molecule has 1 aromatic carbocycles. The van der Waals surface area contributed by atoms with Gasteiger partial charge in [0, 0.05) is 16.5 Å². The largest absolute Gasteiger partial charge is 0.348 e. The summed E-state index contributed by atoms with van der Waals surface area (Å²) in [6.45, 7) is 1.93. The Morgan fingerprint density at radius 1 is 1.12 bits per heavy atom. The van der Waals surface area contributed by atoms with Crippen LogP contribution in [0.25, 0.3) is 6.08 Å². The number of hydrogen-bond donors (Lipinski definition) is 2. The number of amides is 2. The molecule has 1 aromatic heterocycles. The number of carbonyl (C=O) groups is 2. The zero-order valence-corrected chi connectivity index (χ0v) is 15.6. The Hall–Kier alpha value is -2.44. The molecule has 2 aromatic rings. The van der Waals surface area contributed by atoms with Gasteiger partial charge >= 0.3 is 0 Å². The summed E-state index contributed by atoms with van der Waals surface area (Å²) >= 11 is 1.52. The van der Waals surface area contributed by atoms with Crippen molar-refractivity contribution in [1.29, 1.82) is 0 Å². The summed E-state index contributed by atoms with van der Waals surface area (Å²) in [7, 11) is 2.08. The standard InChI is InChI=1S/C20H23N3O2S/c1-23-11-9-16(10-12-23)21-20(25)18(14-17-8-5-13-26-17)22-19(24)15-6-3-2-4-7-15/h2-8,13-14,16H,9-12H2,1H3,(H,21,25)(H,22,24)/b18-14-. The number of carbonyl (C=O) groups excluding carboxylic acids is 2. The summed E-state index contributed by atoms with van der Waals surface area (Å²) in [6.07, 6.45) is 3.57. The van der Waals surface area contributed by atoms with Gasteiger partial charge in [0.15, 0.2) is 0 Å². The first kappa shape index (κ1) is 18.4. The summed E-state index contributed by atoms with van der Waals surface area (Å²) < 4.78 is 0. The van der Waals surface area contributed by atoms with Crippen LogP contribution in [-0.4, -0.2) is 42.9 Å². The van der Waals surface area contributed by atoms with Crippen LogP contribution in [0.5, 0.6) is 0 Å². The molecule has 1 saturated heterocycles. The zero-order chi connectivity index (χ0) is 18.4. The number of benzene rings is 1. The molecule has 0 unspecified atom stereocenters. The van der Waals surface area contributed by atoms with Gasteiger partial charge in [-0.2, -0.15) is 0 Å². The normalized spacial score (nSPS) is 16.3. The summed E-state index contributed by atoms with van der Waals surface area (Å²) in [5.74, 6) is -0.524. The number of likely N-dealkylation sites (tertiary alicyclic amines) is 1. The molecule has 0 radical (unpaired) electrons. The SMILES string of the molecule is CN1CCC(NC(=O)/C(=C/c2cccs2)NC(=O)c2ccccc2)CC1. The van der Waals surface area contributed by atoms with Crippen LogP contribution < -0.4 is 10.6 Å². The van der Waals surface area contributed by atoms with E-state index in [-0.39, 0.29) is 23.6 Å². The van der Waals surface area contributed by atoms with E-state index in [0.717, 1.165) is 30.8 Å². The highest BCUT2D eigenvalue weighted by atomic mass is 32.1. The monoisotopic (exact) mass is 369 g/mol. The Kier molecular flexibility index (Phi) is 6.20. The fourth-order valence-electron chi connectivity index (χ4n) is 2.87. The number of nitrogens with zero attached hydrogens (tertiary/aromatic N) is 1. The minimum absolute atomic E-state index is 0.138. The quantitative estimate of drug-likeness (QED) is 0.797. The van der Waals surface area contributed by atoms with Gasteiger partial charge < -0.3 is 15.5 Å². The van der Waals surface area contributed by atoms with E-state index in [1.165, 1.54) is 11.3 Å². The Labute approximate surface area is 157 Å². The van der Waals surface area contributed by atoms with Gasteiger partial charge in [0.25, 0.3) is 11.8 Å². The number of thiophene rings is 1. The van der Waals surface area contributed by atoms with E-state index >= 15 is 0 Å². The molecule has 0 spiro atoms. The highest BCUT2D eigenvalue weighted by Crippen LogP contribution is 2.14. The lowest BCUT2D eigenvalue weighted by molar-refractivity contribution is -0.118. The minimum atomic E-state index is -0.285. The second-order valence-corrected chi connectivity index (χ2v) is 7.42. The van der Waals surface area contributed by atoms with Crippen LogP contribution in [0.4, 0.5) is 0 Å². The number of nitrogens with one attached hydrogen (secondary N) is 2. The van der Waals surface area contributed by atoms with Crippen molar-refractivity contribution in [2.45, 2.75) is 18.9 Å². The molecule has 1 fully saturated rings. The van der Waals surface area contributed by atoms with Crippen LogP contribution in [0, 0.1) is 0 Å². The predicted molar refractivity (Wildman–Crippen MR) is 105 cm³/mol. The highest BCUT2D eigenvalue weighted by molar-refractivity contribution is 7.10. The van der Waals surface area contributed by atoms with Crippen molar-refractivity contribution in [3.8, 4) is 0 Å². The van der Waals surface area contributed by atoms with E-state index in [9.17, 15) is 9.59 Å². The van der Waals surface area contributed by atoms with Gasteiger partial charge in [0.2, 0.25) is 0 Å². The fraction of sp³-hybridized carbons (Fsp3) is 0.300. The lowest BCUT2D eigenvalue weighted by atomic mass is 10.1. The molecule has 0 bridgehead atoms. The van der Waals surface area contributed by atoms with Crippen LogP contribution in [0.15, 0.2) is 53.5 Å². The van der Waals surface area contributed by atoms with Gasteiger partial charge in [-0.15, -0.1) is 11.3 Å². The molecule has 2 amide bonds. The molecular weight excluding hydrogens is 346 g/mol. The van der Waals surface area contributed by atoms with Crippen molar-refractivity contribution in [3.05, 3.63) is 64.0 Å². The van der Waals surface area contributed by atoms with E-state index in [1.807, 2.05) is 23.6 Å². The number of rotatable bonds is 5. The first-order chi connectivity index (χ1) is 12.6. The van der Waals surface area contributed by atoms with Gasteiger partial charge in [-0.25, -0.2) is 0 Å². The van der Waals surface area contributed by atoms with Crippen LogP contribution in [0.3, 0.4) is 0 Å². The molecule has 1 aliphatic heterocycles. The average Bonchev–Trinajstić information content (AvgIpc) is 3.17. The molecule has 5 nitrogen and oxygen atoms in total. The molecular formula is C20H23N3O2S. The molecule has 6 heteroatoms.